The van der Waals surface area contributed by atoms with Crippen molar-refractivity contribution in [3.8, 4) is 12.1 Å². The van der Waals surface area contributed by atoms with Gasteiger partial charge in [-0.05, 0) is 25.8 Å². The molecule has 0 aliphatic heterocycles. The van der Waals surface area contributed by atoms with E-state index in [0.717, 1.165) is 12.8 Å². The van der Waals surface area contributed by atoms with Gasteiger partial charge in [0.25, 0.3) is 0 Å². The second-order valence-electron chi connectivity index (χ2n) is 5.37. The third-order valence-electron chi connectivity index (χ3n) is 3.99. The van der Waals surface area contributed by atoms with E-state index >= 15 is 0 Å². The van der Waals surface area contributed by atoms with Crippen LogP contribution in [-0.2, 0) is 10.0 Å². The number of nitrogens with zero attached hydrogens (tertiary/aromatic N) is 2. The van der Waals surface area contributed by atoms with E-state index in [-0.39, 0.29) is 5.92 Å². The minimum Gasteiger partial charge on any atom is -0.214 e. The first-order chi connectivity index (χ1) is 9.89. The number of nitrogens with one attached hydrogen (secondary N) is 1. The van der Waals surface area contributed by atoms with E-state index < -0.39 is 14.8 Å². The Hall–Kier alpha value is -1.63. The van der Waals surface area contributed by atoms with E-state index in [2.05, 4.69) is 16.9 Å². The summed E-state index contributed by atoms with van der Waals surface area (Å²) in [5.74, 6) is -0.386. The summed E-state index contributed by atoms with van der Waals surface area (Å²) in [5, 5.41) is 17.5. The van der Waals surface area contributed by atoms with Crippen LogP contribution in [0.25, 0.3) is 0 Å². The number of rotatable bonds is 7. The maximum absolute atomic E-state index is 12.5. The van der Waals surface area contributed by atoms with Gasteiger partial charge in [0.15, 0.2) is 0 Å². The Morgan fingerprint density at radius 3 is 2.67 bits per heavy atom. The van der Waals surface area contributed by atoms with Gasteiger partial charge in [0.2, 0.25) is 10.0 Å². The van der Waals surface area contributed by atoms with E-state index in [1.807, 2.05) is 0 Å². The average Bonchev–Trinajstić information content (AvgIpc) is 2.45. The van der Waals surface area contributed by atoms with Crippen LogP contribution >= 0.6 is 0 Å². The lowest BCUT2D eigenvalue weighted by Crippen LogP contribution is -2.48. The lowest BCUT2D eigenvalue weighted by atomic mass is 9.84. The fourth-order valence-corrected chi connectivity index (χ4v) is 3.84. The maximum Gasteiger partial charge on any atom is 0.221 e. The SMILES string of the molecule is CC1C(C#N)=CC=CC1(C)S(=O)(=O)NCCCCCC#N. The Morgan fingerprint density at radius 2 is 2.05 bits per heavy atom. The smallest absolute Gasteiger partial charge is 0.214 e. The van der Waals surface area contributed by atoms with E-state index in [1.54, 1.807) is 32.1 Å². The van der Waals surface area contributed by atoms with Crippen molar-refractivity contribution in [3.63, 3.8) is 0 Å². The number of unbranched alkanes of at least 4 members (excludes halogenated alkanes) is 3. The molecule has 5 nitrogen and oxygen atoms in total. The zero-order valence-electron chi connectivity index (χ0n) is 12.5. The highest BCUT2D eigenvalue weighted by molar-refractivity contribution is 7.91. The van der Waals surface area contributed by atoms with Gasteiger partial charge in [-0.3, -0.25) is 0 Å². The highest BCUT2D eigenvalue weighted by atomic mass is 32.2. The second-order valence-corrected chi connectivity index (χ2v) is 7.54. The van der Waals surface area contributed by atoms with Gasteiger partial charge in [-0.2, -0.15) is 10.5 Å². The predicted molar refractivity (Wildman–Crippen MR) is 81.4 cm³/mol. The van der Waals surface area contributed by atoms with E-state index in [1.165, 1.54) is 0 Å². The minimum absolute atomic E-state index is 0.357. The lowest BCUT2D eigenvalue weighted by molar-refractivity contribution is 0.492. The zero-order chi connectivity index (χ0) is 15.9. The molecule has 0 amide bonds. The molecule has 1 rings (SSSR count). The van der Waals surface area contributed by atoms with Crippen LogP contribution in [0.1, 0.15) is 39.5 Å². The molecule has 0 spiro atoms. The molecule has 21 heavy (non-hydrogen) atoms. The maximum atomic E-state index is 12.5. The van der Waals surface area contributed by atoms with E-state index in [9.17, 15) is 8.42 Å². The summed E-state index contributed by atoms with van der Waals surface area (Å²) in [5.41, 5.74) is 0.472. The Morgan fingerprint density at radius 1 is 1.33 bits per heavy atom. The third kappa shape index (κ3) is 3.93. The molecule has 0 aromatic rings. The van der Waals surface area contributed by atoms with Gasteiger partial charge in [0.05, 0.1) is 12.1 Å². The van der Waals surface area contributed by atoms with Crippen molar-refractivity contribution in [1.82, 2.24) is 4.72 Å². The highest BCUT2D eigenvalue weighted by Gasteiger charge is 2.44. The normalized spacial score (nSPS) is 25.0. The van der Waals surface area contributed by atoms with Crippen LogP contribution in [0, 0.1) is 28.6 Å². The number of nitriles is 2. The molecule has 0 bridgehead atoms. The summed E-state index contributed by atoms with van der Waals surface area (Å²) < 4.78 is 26.5. The van der Waals surface area contributed by atoms with Crippen LogP contribution in [0.15, 0.2) is 23.8 Å². The highest BCUT2D eigenvalue weighted by Crippen LogP contribution is 2.35. The molecule has 0 aromatic carbocycles. The minimum atomic E-state index is -3.56. The summed E-state index contributed by atoms with van der Waals surface area (Å²) in [6.45, 7) is 3.75. The zero-order valence-corrected chi connectivity index (χ0v) is 13.3. The van der Waals surface area contributed by atoms with Gasteiger partial charge in [0, 0.05) is 24.5 Å². The third-order valence-corrected chi connectivity index (χ3v) is 6.23. The molecular formula is C15H21N3O2S. The molecule has 2 atom stereocenters. The van der Waals surface area contributed by atoms with Crippen LogP contribution in [-0.4, -0.2) is 19.7 Å². The quantitative estimate of drug-likeness (QED) is 0.731. The standard InChI is InChI=1S/C15H21N3O2S/c1-13-14(12-17)8-7-9-15(13,2)21(19,20)18-11-6-4-3-5-10-16/h7-9,13,18H,3-6,11H2,1-2H3. The Balaban J connectivity index is 2.66. The Bertz CT molecular complexity index is 608. The largest absolute Gasteiger partial charge is 0.221 e. The Kier molecular flexibility index (Phi) is 6.14. The second kappa shape index (κ2) is 7.40. The van der Waals surface area contributed by atoms with E-state index in [0.29, 0.717) is 25.0 Å². The number of sulfonamides is 1. The Labute approximate surface area is 127 Å². The molecule has 1 aliphatic rings. The summed E-state index contributed by atoms with van der Waals surface area (Å²) in [7, 11) is -3.56. The van der Waals surface area contributed by atoms with Crippen LogP contribution in [0.4, 0.5) is 0 Å². The van der Waals surface area contributed by atoms with Crippen molar-refractivity contribution in [1.29, 1.82) is 10.5 Å². The molecule has 1 aliphatic carbocycles. The molecule has 0 saturated heterocycles. The molecule has 114 valence electrons. The molecule has 0 fully saturated rings. The van der Waals surface area contributed by atoms with Gasteiger partial charge >= 0.3 is 0 Å². The lowest BCUT2D eigenvalue weighted by Gasteiger charge is -2.34. The van der Waals surface area contributed by atoms with Crippen LogP contribution in [0.5, 0.6) is 0 Å². The molecule has 0 heterocycles. The molecule has 2 unspecified atom stereocenters. The van der Waals surface area contributed by atoms with Crippen molar-refractivity contribution in [2.24, 2.45) is 5.92 Å². The molecule has 1 N–H and O–H groups in total. The first-order valence-electron chi connectivity index (χ1n) is 7.04. The molecule has 0 radical (unpaired) electrons. The predicted octanol–water partition coefficient (Wildman–Crippen LogP) is 2.40. The first-order valence-corrected chi connectivity index (χ1v) is 8.53. The fraction of sp³-hybridized carbons (Fsp3) is 0.600. The number of hydrogen-bond acceptors (Lipinski definition) is 4. The van der Waals surface area contributed by atoms with Crippen molar-refractivity contribution in [2.75, 3.05) is 6.54 Å². The van der Waals surface area contributed by atoms with Crippen molar-refractivity contribution in [2.45, 2.75) is 44.3 Å². The molecule has 0 saturated carbocycles. The number of allylic oxidation sites excluding steroid dienone is 3. The van der Waals surface area contributed by atoms with Crippen molar-refractivity contribution < 1.29 is 8.42 Å². The summed E-state index contributed by atoms with van der Waals surface area (Å²) >= 11 is 0. The van der Waals surface area contributed by atoms with E-state index in [4.69, 9.17) is 10.5 Å². The molecule has 0 aromatic heterocycles. The van der Waals surface area contributed by atoms with Gasteiger partial charge in [-0.15, -0.1) is 0 Å². The van der Waals surface area contributed by atoms with Crippen molar-refractivity contribution in [3.05, 3.63) is 23.8 Å². The van der Waals surface area contributed by atoms with Gasteiger partial charge in [-0.25, -0.2) is 13.1 Å². The monoisotopic (exact) mass is 307 g/mol. The first kappa shape index (κ1) is 17.4. The average molecular weight is 307 g/mol. The summed E-state index contributed by atoms with van der Waals surface area (Å²) in [4.78, 5) is 0. The van der Waals surface area contributed by atoms with Crippen LogP contribution < -0.4 is 4.72 Å². The summed E-state index contributed by atoms with van der Waals surface area (Å²) in [6, 6.07) is 4.12. The topological polar surface area (TPSA) is 93.8 Å². The van der Waals surface area contributed by atoms with Gasteiger partial charge in [-0.1, -0.05) is 25.5 Å². The fourth-order valence-electron chi connectivity index (χ4n) is 2.26. The van der Waals surface area contributed by atoms with Gasteiger partial charge in [0.1, 0.15) is 4.75 Å². The van der Waals surface area contributed by atoms with Crippen LogP contribution in [0.3, 0.4) is 0 Å². The molecule has 6 heteroatoms. The van der Waals surface area contributed by atoms with Crippen LogP contribution in [0.2, 0.25) is 0 Å². The number of hydrogen-bond donors (Lipinski definition) is 1. The molecular weight excluding hydrogens is 286 g/mol. The van der Waals surface area contributed by atoms with Crippen molar-refractivity contribution >= 4 is 10.0 Å². The summed E-state index contributed by atoms with van der Waals surface area (Å²) in [6.07, 6.45) is 7.73. The van der Waals surface area contributed by atoms with Gasteiger partial charge < -0.3 is 0 Å².